The Balaban J connectivity index is 1.62. The molecule has 0 aliphatic carbocycles. The molecule has 3 rings (SSSR count). The van der Waals surface area contributed by atoms with Crippen LogP contribution in [0.2, 0.25) is 0 Å². The van der Waals surface area contributed by atoms with E-state index in [0.717, 1.165) is 22.7 Å². The summed E-state index contributed by atoms with van der Waals surface area (Å²) < 4.78 is 10.9. The van der Waals surface area contributed by atoms with E-state index in [1.54, 1.807) is 7.11 Å². The Bertz CT molecular complexity index is 719. The first kappa shape index (κ1) is 16.9. The van der Waals surface area contributed by atoms with Gasteiger partial charge in [-0.25, -0.2) is 0 Å². The number of aromatic nitrogens is 2. The average Bonchev–Trinajstić information content (AvgIpc) is 3.13. The van der Waals surface area contributed by atoms with Gasteiger partial charge in [0.25, 0.3) is 5.91 Å². The molecule has 0 unspecified atom stereocenters. The van der Waals surface area contributed by atoms with Crippen LogP contribution < -0.4 is 10.1 Å². The van der Waals surface area contributed by atoms with Crippen LogP contribution in [0, 0.1) is 5.92 Å². The lowest BCUT2D eigenvalue weighted by Crippen LogP contribution is -2.31. The minimum atomic E-state index is -0.411. The van der Waals surface area contributed by atoms with E-state index in [0.29, 0.717) is 11.6 Å². The molecule has 2 heterocycles. The average molecular weight is 347 g/mol. The van der Waals surface area contributed by atoms with E-state index in [1.807, 2.05) is 38.1 Å². The van der Waals surface area contributed by atoms with Gasteiger partial charge in [0, 0.05) is 6.42 Å². The molecule has 7 heteroatoms. The second-order valence-electron chi connectivity index (χ2n) is 6.10. The number of nitrogens with zero attached hydrogens (tertiary/aromatic N) is 2. The molecule has 0 bridgehead atoms. The van der Waals surface area contributed by atoms with E-state index >= 15 is 0 Å². The Kier molecular flexibility index (Phi) is 5.11. The summed E-state index contributed by atoms with van der Waals surface area (Å²) >= 11 is 1.38. The molecule has 0 spiro atoms. The molecule has 1 fully saturated rings. The van der Waals surface area contributed by atoms with Gasteiger partial charge in [-0.05, 0) is 37.0 Å². The van der Waals surface area contributed by atoms with E-state index in [2.05, 4.69) is 15.5 Å². The van der Waals surface area contributed by atoms with Gasteiger partial charge in [-0.3, -0.25) is 10.1 Å². The molecule has 1 saturated heterocycles. The van der Waals surface area contributed by atoms with Gasteiger partial charge >= 0.3 is 0 Å². The highest BCUT2D eigenvalue weighted by atomic mass is 32.1. The van der Waals surface area contributed by atoms with E-state index in [4.69, 9.17) is 9.47 Å². The predicted molar refractivity (Wildman–Crippen MR) is 92.5 cm³/mol. The minimum Gasteiger partial charge on any atom is -0.497 e. The van der Waals surface area contributed by atoms with Crippen LogP contribution >= 0.6 is 11.3 Å². The number of ether oxygens (including phenoxy) is 2. The van der Waals surface area contributed by atoms with Gasteiger partial charge in [0.05, 0.1) is 13.2 Å². The zero-order valence-electron chi connectivity index (χ0n) is 14.0. The third-order valence-corrected chi connectivity index (χ3v) is 4.88. The van der Waals surface area contributed by atoms with Crippen molar-refractivity contribution in [1.29, 1.82) is 0 Å². The van der Waals surface area contributed by atoms with E-state index in [-0.39, 0.29) is 17.9 Å². The normalized spacial score (nSPS) is 23.2. The molecule has 1 aliphatic rings. The molecule has 6 nitrogen and oxygen atoms in total. The van der Waals surface area contributed by atoms with Gasteiger partial charge in [-0.1, -0.05) is 30.4 Å². The number of anilines is 1. The number of hydrogen-bond donors (Lipinski definition) is 1. The Morgan fingerprint density at radius 1 is 1.42 bits per heavy atom. The Labute approximate surface area is 145 Å². The number of nitrogens with one attached hydrogen (secondary N) is 1. The SMILES string of the molecule is COc1cccc(Cc2nnc(NC(=O)[C@@H]3O[C@H](C)C[C@H]3C)s2)c1. The van der Waals surface area contributed by atoms with Crippen LogP contribution in [0.15, 0.2) is 24.3 Å². The van der Waals surface area contributed by atoms with Crippen molar-refractivity contribution in [2.24, 2.45) is 5.92 Å². The van der Waals surface area contributed by atoms with Crippen molar-refractivity contribution in [3.05, 3.63) is 34.8 Å². The summed E-state index contributed by atoms with van der Waals surface area (Å²) in [6.07, 6.45) is 1.26. The molecular weight excluding hydrogens is 326 g/mol. The second-order valence-corrected chi connectivity index (χ2v) is 7.16. The van der Waals surface area contributed by atoms with Crippen LogP contribution in [0.5, 0.6) is 5.75 Å². The van der Waals surface area contributed by atoms with Crippen LogP contribution in [0.3, 0.4) is 0 Å². The van der Waals surface area contributed by atoms with Gasteiger partial charge in [0.2, 0.25) is 5.13 Å². The standard InChI is InChI=1S/C17H21N3O3S/c1-10-7-11(2)23-15(10)16(21)18-17-20-19-14(24-17)9-12-5-4-6-13(8-12)22-3/h4-6,8,10-11,15H,7,9H2,1-3H3,(H,18,20,21)/t10-,11-,15-/m1/s1. The van der Waals surface area contributed by atoms with Gasteiger partial charge in [-0.2, -0.15) is 0 Å². The fraction of sp³-hybridized carbons (Fsp3) is 0.471. The van der Waals surface area contributed by atoms with Crippen molar-refractivity contribution in [1.82, 2.24) is 10.2 Å². The third kappa shape index (κ3) is 3.91. The molecule has 24 heavy (non-hydrogen) atoms. The maximum absolute atomic E-state index is 12.3. The number of carbonyl (C=O) groups is 1. The molecular formula is C17H21N3O3S. The van der Waals surface area contributed by atoms with Crippen molar-refractivity contribution >= 4 is 22.4 Å². The van der Waals surface area contributed by atoms with Gasteiger partial charge < -0.3 is 9.47 Å². The maximum Gasteiger partial charge on any atom is 0.255 e. The fourth-order valence-corrected chi connectivity index (χ4v) is 3.69. The highest BCUT2D eigenvalue weighted by Crippen LogP contribution is 2.27. The number of carbonyl (C=O) groups excluding carboxylic acids is 1. The van der Waals surface area contributed by atoms with Crippen molar-refractivity contribution in [2.75, 3.05) is 12.4 Å². The van der Waals surface area contributed by atoms with Gasteiger partial charge in [0.15, 0.2) is 0 Å². The topological polar surface area (TPSA) is 73.3 Å². The summed E-state index contributed by atoms with van der Waals surface area (Å²) in [6.45, 7) is 4.02. The van der Waals surface area contributed by atoms with E-state index in [1.165, 1.54) is 11.3 Å². The highest BCUT2D eigenvalue weighted by Gasteiger charge is 2.35. The van der Waals surface area contributed by atoms with Gasteiger partial charge in [-0.15, -0.1) is 10.2 Å². The summed E-state index contributed by atoms with van der Waals surface area (Å²) in [5, 5.41) is 12.4. The van der Waals surface area contributed by atoms with Crippen LogP contribution in [0.25, 0.3) is 0 Å². The first-order valence-electron chi connectivity index (χ1n) is 7.97. The van der Waals surface area contributed by atoms with Crippen molar-refractivity contribution in [2.45, 2.75) is 38.9 Å². The zero-order chi connectivity index (χ0) is 17.1. The third-order valence-electron chi connectivity index (χ3n) is 4.04. The molecule has 128 valence electrons. The van der Waals surface area contributed by atoms with Crippen molar-refractivity contribution < 1.29 is 14.3 Å². The minimum absolute atomic E-state index is 0.119. The number of rotatable bonds is 5. The molecule has 3 atom stereocenters. The lowest BCUT2D eigenvalue weighted by atomic mass is 10.0. The van der Waals surface area contributed by atoms with Crippen LogP contribution in [0.1, 0.15) is 30.8 Å². The monoisotopic (exact) mass is 347 g/mol. The molecule has 1 amide bonds. The number of hydrogen-bond acceptors (Lipinski definition) is 6. The molecule has 0 saturated carbocycles. The van der Waals surface area contributed by atoms with Crippen molar-refractivity contribution in [3.63, 3.8) is 0 Å². The van der Waals surface area contributed by atoms with Gasteiger partial charge in [0.1, 0.15) is 16.9 Å². The van der Waals surface area contributed by atoms with Crippen LogP contribution in [0.4, 0.5) is 5.13 Å². The highest BCUT2D eigenvalue weighted by molar-refractivity contribution is 7.15. The lowest BCUT2D eigenvalue weighted by molar-refractivity contribution is -0.127. The largest absolute Gasteiger partial charge is 0.497 e. The molecule has 1 aromatic heterocycles. The maximum atomic E-state index is 12.3. The number of methoxy groups -OCH3 is 1. The summed E-state index contributed by atoms with van der Waals surface area (Å²) in [7, 11) is 1.64. The quantitative estimate of drug-likeness (QED) is 0.900. The summed E-state index contributed by atoms with van der Waals surface area (Å²) in [6, 6.07) is 7.82. The molecule has 1 aliphatic heterocycles. The Morgan fingerprint density at radius 3 is 2.96 bits per heavy atom. The predicted octanol–water partition coefficient (Wildman–Crippen LogP) is 2.89. The molecule has 2 aromatic rings. The molecule has 1 aromatic carbocycles. The first-order chi connectivity index (χ1) is 11.5. The van der Waals surface area contributed by atoms with Crippen LogP contribution in [-0.2, 0) is 16.0 Å². The van der Waals surface area contributed by atoms with E-state index in [9.17, 15) is 4.79 Å². The van der Waals surface area contributed by atoms with E-state index < -0.39 is 6.10 Å². The molecule has 1 N–H and O–H groups in total. The number of amides is 1. The van der Waals surface area contributed by atoms with Crippen LogP contribution in [-0.4, -0.2) is 35.4 Å². The smallest absolute Gasteiger partial charge is 0.255 e. The summed E-state index contributed by atoms with van der Waals surface area (Å²) in [5.74, 6) is 0.882. The Hall–Kier alpha value is -1.99. The Morgan fingerprint density at radius 2 is 2.25 bits per heavy atom. The van der Waals surface area contributed by atoms with Crippen molar-refractivity contribution in [3.8, 4) is 5.75 Å². The second kappa shape index (κ2) is 7.27. The molecule has 0 radical (unpaired) electrons. The summed E-state index contributed by atoms with van der Waals surface area (Å²) in [5.41, 5.74) is 1.09. The zero-order valence-corrected chi connectivity index (χ0v) is 14.8. The lowest BCUT2D eigenvalue weighted by Gasteiger charge is -2.13. The number of benzene rings is 1. The fourth-order valence-electron chi connectivity index (χ4n) is 2.92. The first-order valence-corrected chi connectivity index (χ1v) is 8.78. The summed E-state index contributed by atoms with van der Waals surface area (Å²) in [4.78, 5) is 12.3.